The molecule has 0 unspecified atom stereocenters. The number of ether oxygens (including phenoxy) is 1. The van der Waals surface area contributed by atoms with Crippen LogP contribution in [0.3, 0.4) is 0 Å². The lowest BCUT2D eigenvalue weighted by atomic mass is 10.1. The first-order valence-electron chi connectivity index (χ1n) is 7.83. The molecule has 3 rings (SSSR count). The Morgan fingerprint density at radius 2 is 1.80 bits per heavy atom. The van der Waals surface area contributed by atoms with Gasteiger partial charge in [0.1, 0.15) is 11.6 Å². The summed E-state index contributed by atoms with van der Waals surface area (Å²) in [6, 6.07) is 12.0. The lowest BCUT2D eigenvalue weighted by molar-refractivity contribution is -0.139. The molecule has 2 aromatic rings. The summed E-state index contributed by atoms with van der Waals surface area (Å²) in [5, 5.41) is 0. The maximum Gasteiger partial charge on any atom is 0.316 e. The van der Waals surface area contributed by atoms with Crippen molar-refractivity contribution in [2.24, 2.45) is 5.92 Å². The van der Waals surface area contributed by atoms with Crippen LogP contribution in [-0.2, 0) is 9.59 Å². The van der Waals surface area contributed by atoms with Crippen LogP contribution in [0.25, 0.3) is 0 Å². The van der Waals surface area contributed by atoms with Crippen LogP contribution < -0.4 is 9.64 Å². The number of nitrogens with zero attached hydrogens (tertiary/aromatic N) is 1. The van der Waals surface area contributed by atoms with Crippen LogP contribution in [0, 0.1) is 11.7 Å². The molecule has 1 amide bonds. The molecular formula is C19H16FNO4. The van der Waals surface area contributed by atoms with Gasteiger partial charge in [-0.3, -0.25) is 14.4 Å². The van der Waals surface area contributed by atoms with Crippen LogP contribution in [0.15, 0.2) is 48.5 Å². The number of anilines is 1. The Kier molecular flexibility index (Phi) is 4.61. The Morgan fingerprint density at radius 3 is 2.48 bits per heavy atom. The van der Waals surface area contributed by atoms with E-state index in [4.69, 9.17) is 4.74 Å². The number of Topliss-reactive ketones (excluding diaryl/α,β-unsaturated/α-hetero) is 1. The van der Waals surface area contributed by atoms with Gasteiger partial charge >= 0.3 is 5.97 Å². The average Bonchev–Trinajstić information content (AvgIpc) is 2.98. The van der Waals surface area contributed by atoms with E-state index in [1.165, 1.54) is 36.1 Å². The minimum absolute atomic E-state index is 0.0123. The fourth-order valence-electron chi connectivity index (χ4n) is 2.77. The van der Waals surface area contributed by atoms with E-state index in [1.807, 2.05) is 0 Å². The fourth-order valence-corrected chi connectivity index (χ4v) is 2.77. The van der Waals surface area contributed by atoms with Crippen LogP contribution >= 0.6 is 0 Å². The van der Waals surface area contributed by atoms with Crippen molar-refractivity contribution in [1.82, 2.24) is 0 Å². The third-order valence-corrected chi connectivity index (χ3v) is 4.07. The van der Waals surface area contributed by atoms with Crippen LogP contribution in [-0.4, -0.2) is 24.2 Å². The van der Waals surface area contributed by atoms with Gasteiger partial charge in [0.2, 0.25) is 5.91 Å². The number of hydrogen-bond acceptors (Lipinski definition) is 4. The summed E-state index contributed by atoms with van der Waals surface area (Å²) in [6.07, 6.45) is 0.0123. The summed E-state index contributed by atoms with van der Waals surface area (Å²) in [4.78, 5) is 37.6. The van der Waals surface area contributed by atoms with E-state index in [0.29, 0.717) is 11.3 Å². The van der Waals surface area contributed by atoms with Gasteiger partial charge in [0, 0.05) is 18.7 Å². The molecule has 0 saturated carbocycles. The molecule has 2 aromatic carbocycles. The topological polar surface area (TPSA) is 63.7 Å². The lowest BCUT2D eigenvalue weighted by Crippen LogP contribution is -2.27. The number of amides is 1. The van der Waals surface area contributed by atoms with E-state index < -0.39 is 17.7 Å². The van der Waals surface area contributed by atoms with Crippen molar-refractivity contribution >= 4 is 23.3 Å². The molecule has 1 aliphatic heterocycles. The van der Waals surface area contributed by atoms with E-state index in [9.17, 15) is 18.8 Å². The number of rotatable bonds is 4. The Hall–Kier alpha value is -3.02. The molecule has 1 saturated heterocycles. The molecule has 1 heterocycles. The van der Waals surface area contributed by atoms with Crippen molar-refractivity contribution < 1.29 is 23.5 Å². The maximum atomic E-state index is 13.0. The molecule has 0 spiro atoms. The van der Waals surface area contributed by atoms with Gasteiger partial charge < -0.3 is 9.64 Å². The first kappa shape index (κ1) is 16.8. The standard InChI is InChI=1S/C19H16FNO4/c1-12(22)16-4-2-3-5-17(16)25-19(24)13-10-18(23)21(11-13)15-8-6-14(20)7-9-15/h2-9,13H,10-11H2,1H3/t13-/m0/s1. The average molecular weight is 341 g/mol. The van der Waals surface area contributed by atoms with Gasteiger partial charge in [0.05, 0.1) is 11.5 Å². The Bertz CT molecular complexity index is 832. The monoisotopic (exact) mass is 341 g/mol. The summed E-state index contributed by atoms with van der Waals surface area (Å²) in [7, 11) is 0. The molecule has 1 atom stereocenters. The molecule has 0 bridgehead atoms. The molecule has 25 heavy (non-hydrogen) atoms. The fraction of sp³-hybridized carbons (Fsp3) is 0.211. The molecule has 6 heteroatoms. The quantitative estimate of drug-likeness (QED) is 0.487. The summed E-state index contributed by atoms with van der Waals surface area (Å²) in [5.74, 6) is -1.85. The minimum Gasteiger partial charge on any atom is -0.425 e. The Balaban J connectivity index is 1.73. The first-order valence-corrected chi connectivity index (χ1v) is 7.83. The highest BCUT2D eigenvalue weighted by Crippen LogP contribution is 2.27. The number of carbonyl (C=O) groups excluding carboxylic acids is 3. The summed E-state index contributed by atoms with van der Waals surface area (Å²) < 4.78 is 18.4. The van der Waals surface area contributed by atoms with Crippen molar-refractivity contribution in [1.29, 1.82) is 0 Å². The molecule has 128 valence electrons. The van der Waals surface area contributed by atoms with E-state index in [0.717, 1.165) is 0 Å². The number of esters is 1. The van der Waals surface area contributed by atoms with E-state index in [2.05, 4.69) is 0 Å². The van der Waals surface area contributed by atoms with Crippen molar-refractivity contribution in [3.63, 3.8) is 0 Å². The SMILES string of the molecule is CC(=O)c1ccccc1OC(=O)[C@H]1CC(=O)N(c2ccc(F)cc2)C1. The second-order valence-electron chi connectivity index (χ2n) is 5.86. The normalized spacial score (nSPS) is 16.8. The number of para-hydroxylation sites is 1. The number of carbonyl (C=O) groups is 3. The van der Waals surface area contributed by atoms with Crippen molar-refractivity contribution in [2.45, 2.75) is 13.3 Å². The zero-order valence-corrected chi connectivity index (χ0v) is 13.6. The van der Waals surface area contributed by atoms with Gasteiger partial charge in [-0.15, -0.1) is 0 Å². The second kappa shape index (κ2) is 6.84. The summed E-state index contributed by atoms with van der Waals surface area (Å²) >= 11 is 0. The molecule has 1 aliphatic rings. The van der Waals surface area contributed by atoms with Crippen LogP contribution in [0.4, 0.5) is 10.1 Å². The van der Waals surface area contributed by atoms with Crippen LogP contribution in [0.2, 0.25) is 0 Å². The van der Waals surface area contributed by atoms with Gasteiger partial charge in [0.25, 0.3) is 0 Å². The van der Waals surface area contributed by atoms with Crippen molar-refractivity contribution in [3.05, 3.63) is 59.9 Å². The van der Waals surface area contributed by atoms with Crippen LogP contribution in [0.5, 0.6) is 5.75 Å². The van der Waals surface area contributed by atoms with Gasteiger partial charge in [-0.05, 0) is 43.3 Å². The number of halogens is 1. The number of hydrogen-bond donors (Lipinski definition) is 0. The molecule has 0 aliphatic carbocycles. The Labute approximate surface area is 144 Å². The summed E-state index contributed by atoms with van der Waals surface area (Å²) in [5.41, 5.74) is 0.849. The first-order chi connectivity index (χ1) is 12.0. The molecule has 1 fully saturated rings. The minimum atomic E-state index is -0.641. The van der Waals surface area contributed by atoms with E-state index in [-0.39, 0.29) is 30.4 Å². The van der Waals surface area contributed by atoms with Gasteiger partial charge in [0.15, 0.2) is 5.78 Å². The smallest absolute Gasteiger partial charge is 0.316 e. The van der Waals surface area contributed by atoms with Crippen molar-refractivity contribution in [2.75, 3.05) is 11.4 Å². The Morgan fingerprint density at radius 1 is 1.12 bits per heavy atom. The second-order valence-corrected chi connectivity index (χ2v) is 5.86. The van der Waals surface area contributed by atoms with E-state index >= 15 is 0 Å². The predicted octanol–water partition coefficient (Wildman–Crippen LogP) is 2.99. The van der Waals surface area contributed by atoms with Gasteiger partial charge in [-0.1, -0.05) is 12.1 Å². The van der Waals surface area contributed by atoms with Crippen molar-refractivity contribution in [3.8, 4) is 5.75 Å². The highest BCUT2D eigenvalue weighted by atomic mass is 19.1. The highest BCUT2D eigenvalue weighted by molar-refractivity contribution is 6.00. The third-order valence-electron chi connectivity index (χ3n) is 4.07. The lowest BCUT2D eigenvalue weighted by Gasteiger charge is -2.16. The molecule has 5 nitrogen and oxygen atoms in total. The molecule has 0 aromatic heterocycles. The third kappa shape index (κ3) is 3.57. The number of benzene rings is 2. The summed E-state index contributed by atoms with van der Waals surface area (Å²) in [6.45, 7) is 1.55. The zero-order valence-electron chi connectivity index (χ0n) is 13.6. The molecule has 0 N–H and O–H groups in total. The van der Waals surface area contributed by atoms with Gasteiger partial charge in [-0.2, -0.15) is 0 Å². The zero-order chi connectivity index (χ0) is 18.0. The highest BCUT2D eigenvalue weighted by Gasteiger charge is 2.36. The number of ketones is 1. The predicted molar refractivity (Wildman–Crippen MR) is 88.9 cm³/mol. The molecular weight excluding hydrogens is 325 g/mol. The van der Waals surface area contributed by atoms with E-state index in [1.54, 1.807) is 24.3 Å². The van der Waals surface area contributed by atoms with Gasteiger partial charge in [-0.25, -0.2) is 4.39 Å². The maximum absolute atomic E-state index is 13.0. The molecule has 0 radical (unpaired) electrons. The van der Waals surface area contributed by atoms with Crippen LogP contribution in [0.1, 0.15) is 23.7 Å². The largest absolute Gasteiger partial charge is 0.425 e.